The highest BCUT2D eigenvalue weighted by atomic mass is 16.5. The van der Waals surface area contributed by atoms with E-state index in [9.17, 15) is 19.2 Å². The van der Waals surface area contributed by atoms with Gasteiger partial charge >= 0.3 is 17.9 Å². The van der Waals surface area contributed by atoms with Crippen LogP contribution in [0, 0.1) is 0 Å². The van der Waals surface area contributed by atoms with Gasteiger partial charge in [0, 0.05) is 0 Å². The first-order valence-electron chi connectivity index (χ1n) is 8.47. The monoisotopic (exact) mass is 386 g/mol. The van der Waals surface area contributed by atoms with Crippen molar-refractivity contribution in [3.8, 4) is 0 Å². The zero-order valence-electron chi connectivity index (χ0n) is 15.5. The van der Waals surface area contributed by atoms with E-state index in [0.29, 0.717) is 0 Å². The molecule has 0 saturated carbocycles. The van der Waals surface area contributed by atoms with E-state index in [1.165, 1.54) is 6.92 Å². The number of carbonyl (C=O) groups is 4. The second-order valence-corrected chi connectivity index (χ2v) is 5.74. The first kappa shape index (κ1) is 22.6. The van der Waals surface area contributed by atoms with Crippen molar-refractivity contribution in [3.63, 3.8) is 0 Å². The smallest absolute Gasteiger partial charge is 0.317 e. The highest BCUT2D eigenvalue weighted by molar-refractivity contribution is 5.94. The highest BCUT2D eigenvalue weighted by Gasteiger charge is 2.08. The highest BCUT2D eigenvalue weighted by Crippen LogP contribution is 2.02. The molecule has 0 spiro atoms. The van der Waals surface area contributed by atoms with E-state index in [0.717, 1.165) is 11.1 Å². The summed E-state index contributed by atoms with van der Waals surface area (Å²) >= 11 is 0. The molecule has 0 unspecified atom stereocenters. The minimum Gasteiger partial charge on any atom is -0.481 e. The maximum atomic E-state index is 11.0. The molecule has 28 heavy (non-hydrogen) atoms. The molecular weight excluding hydrogens is 364 g/mol. The number of benzene rings is 2. The lowest BCUT2D eigenvalue weighted by atomic mass is 10.2. The Bertz CT molecular complexity index is 702. The summed E-state index contributed by atoms with van der Waals surface area (Å²) in [7, 11) is 0. The molecule has 0 aromatic heterocycles. The van der Waals surface area contributed by atoms with Crippen LogP contribution in [0.3, 0.4) is 0 Å². The fraction of sp³-hybridized carbons (Fsp3) is 0.238. The third-order valence-electron chi connectivity index (χ3n) is 3.17. The fourth-order valence-corrected chi connectivity index (χ4v) is 1.90. The van der Waals surface area contributed by atoms with Crippen LogP contribution in [0.25, 0.3) is 0 Å². The summed E-state index contributed by atoms with van der Waals surface area (Å²) < 4.78 is 9.60. The van der Waals surface area contributed by atoms with E-state index in [1.807, 2.05) is 48.5 Å². The van der Waals surface area contributed by atoms with Crippen molar-refractivity contribution < 1.29 is 33.8 Å². The Balaban J connectivity index is 0.000000280. The van der Waals surface area contributed by atoms with Crippen molar-refractivity contribution in [2.45, 2.75) is 33.0 Å². The molecule has 2 aromatic carbocycles. The number of aliphatic carboxylic acids is 1. The lowest BCUT2D eigenvalue weighted by molar-refractivity contribution is -0.152. The number of ether oxygens (including phenoxy) is 2. The second kappa shape index (κ2) is 12.8. The Morgan fingerprint density at radius 1 is 0.714 bits per heavy atom. The molecule has 2 rings (SSSR count). The summed E-state index contributed by atoms with van der Waals surface area (Å²) in [5.41, 5.74) is 1.76. The molecule has 0 fully saturated rings. The van der Waals surface area contributed by atoms with E-state index in [2.05, 4.69) is 0 Å². The van der Waals surface area contributed by atoms with Gasteiger partial charge in [0.15, 0.2) is 0 Å². The van der Waals surface area contributed by atoms with Crippen LogP contribution in [0.4, 0.5) is 0 Å². The van der Waals surface area contributed by atoms with Gasteiger partial charge in [-0.2, -0.15) is 0 Å². The minimum absolute atomic E-state index is 0.118. The molecule has 7 nitrogen and oxygen atoms in total. The average molecular weight is 386 g/mol. The maximum absolute atomic E-state index is 11.0. The van der Waals surface area contributed by atoms with Gasteiger partial charge in [-0.3, -0.25) is 19.2 Å². The van der Waals surface area contributed by atoms with Crippen LogP contribution in [0.5, 0.6) is 0 Å². The van der Waals surface area contributed by atoms with Gasteiger partial charge in [-0.15, -0.1) is 0 Å². The largest absolute Gasteiger partial charge is 0.481 e. The molecular formula is C21H22O7. The predicted molar refractivity (Wildman–Crippen MR) is 100 cm³/mol. The van der Waals surface area contributed by atoms with Gasteiger partial charge in [0.2, 0.25) is 0 Å². The second-order valence-electron chi connectivity index (χ2n) is 5.74. The Morgan fingerprint density at radius 3 is 1.46 bits per heavy atom. The molecule has 0 aliphatic rings. The average Bonchev–Trinajstić information content (AvgIpc) is 2.66. The number of rotatable bonds is 8. The van der Waals surface area contributed by atoms with Crippen LogP contribution >= 0.6 is 0 Å². The van der Waals surface area contributed by atoms with Crippen LogP contribution < -0.4 is 0 Å². The first-order chi connectivity index (χ1) is 13.4. The van der Waals surface area contributed by atoms with Crippen molar-refractivity contribution >= 4 is 23.7 Å². The molecule has 0 aliphatic carbocycles. The molecule has 0 heterocycles. The van der Waals surface area contributed by atoms with Crippen LogP contribution in [-0.2, 0) is 41.9 Å². The van der Waals surface area contributed by atoms with E-state index in [4.69, 9.17) is 14.6 Å². The van der Waals surface area contributed by atoms with Gasteiger partial charge in [0.05, 0.1) is 0 Å². The molecule has 2 aromatic rings. The Kier molecular flexibility index (Phi) is 10.3. The van der Waals surface area contributed by atoms with Crippen molar-refractivity contribution in [1.82, 2.24) is 0 Å². The SMILES string of the molecule is CC(=O)CC(=O)OCc1ccccc1.O=C(O)CC(=O)OCc1ccccc1. The number of Topliss-reactive ketones (excluding diaryl/α,β-unsaturated/α-hetero) is 1. The van der Waals surface area contributed by atoms with E-state index in [-0.39, 0.29) is 25.4 Å². The first-order valence-corrected chi connectivity index (χ1v) is 8.47. The molecule has 1 N–H and O–H groups in total. The summed E-state index contributed by atoms with van der Waals surface area (Å²) in [5.74, 6) is -2.55. The molecule has 0 aliphatic heterocycles. The minimum atomic E-state index is -1.18. The van der Waals surface area contributed by atoms with Gasteiger partial charge < -0.3 is 14.6 Å². The van der Waals surface area contributed by atoms with Crippen LogP contribution in [0.15, 0.2) is 60.7 Å². The standard InChI is InChI=1S/C11H12O3.C10H10O4/c1-9(12)7-11(13)14-8-10-5-3-2-4-6-10;11-9(12)6-10(13)14-7-8-4-2-1-3-5-8/h2-6H,7-8H2,1H3;1-5H,6-7H2,(H,11,12). The summed E-state index contributed by atoms with van der Waals surface area (Å²) in [6.45, 7) is 1.71. The Morgan fingerprint density at radius 2 is 1.11 bits per heavy atom. The van der Waals surface area contributed by atoms with Crippen LogP contribution in [0.2, 0.25) is 0 Å². The van der Waals surface area contributed by atoms with Crippen molar-refractivity contribution in [2.24, 2.45) is 0 Å². The predicted octanol–water partition coefficient (Wildman–Crippen LogP) is 2.91. The number of carboxylic acid groups (broad SMARTS) is 1. The zero-order chi connectivity index (χ0) is 20.8. The van der Waals surface area contributed by atoms with E-state index < -0.39 is 24.3 Å². The van der Waals surface area contributed by atoms with Crippen LogP contribution in [-0.4, -0.2) is 28.8 Å². The van der Waals surface area contributed by atoms with Crippen molar-refractivity contribution in [1.29, 1.82) is 0 Å². The number of hydrogen-bond acceptors (Lipinski definition) is 6. The molecule has 148 valence electrons. The Labute approximate surface area is 162 Å². The van der Waals surface area contributed by atoms with E-state index >= 15 is 0 Å². The van der Waals surface area contributed by atoms with Gasteiger partial charge in [0.25, 0.3) is 0 Å². The molecule has 0 bridgehead atoms. The molecule has 0 amide bonds. The summed E-state index contributed by atoms with van der Waals surface area (Å²) in [6, 6.07) is 18.4. The summed E-state index contributed by atoms with van der Waals surface area (Å²) in [4.78, 5) is 42.5. The van der Waals surface area contributed by atoms with Gasteiger partial charge in [-0.1, -0.05) is 60.7 Å². The van der Waals surface area contributed by atoms with Crippen LogP contribution in [0.1, 0.15) is 30.9 Å². The van der Waals surface area contributed by atoms with Gasteiger partial charge in [-0.05, 0) is 18.1 Å². The van der Waals surface area contributed by atoms with Crippen molar-refractivity contribution in [3.05, 3.63) is 71.8 Å². The molecule has 0 radical (unpaired) electrons. The maximum Gasteiger partial charge on any atom is 0.317 e. The lowest BCUT2D eigenvalue weighted by Crippen LogP contribution is -2.10. The fourth-order valence-electron chi connectivity index (χ4n) is 1.90. The van der Waals surface area contributed by atoms with E-state index in [1.54, 1.807) is 12.1 Å². The number of carbonyl (C=O) groups excluding carboxylic acids is 3. The van der Waals surface area contributed by atoms with Crippen molar-refractivity contribution in [2.75, 3.05) is 0 Å². The number of carboxylic acids is 1. The quantitative estimate of drug-likeness (QED) is 0.549. The lowest BCUT2D eigenvalue weighted by Gasteiger charge is -2.02. The third-order valence-corrected chi connectivity index (χ3v) is 3.17. The normalized spacial score (nSPS) is 9.46. The number of esters is 2. The Hall–Kier alpha value is -3.48. The topological polar surface area (TPSA) is 107 Å². The summed E-state index contributed by atoms with van der Waals surface area (Å²) in [5, 5.41) is 8.28. The molecule has 7 heteroatoms. The zero-order valence-corrected chi connectivity index (χ0v) is 15.5. The summed E-state index contributed by atoms with van der Waals surface area (Å²) in [6.07, 6.45) is -0.736. The molecule has 0 atom stereocenters. The number of ketones is 1. The third kappa shape index (κ3) is 11.2. The van der Waals surface area contributed by atoms with Gasteiger partial charge in [-0.25, -0.2) is 0 Å². The number of hydrogen-bond donors (Lipinski definition) is 1. The molecule has 0 saturated heterocycles. The van der Waals surface area contributed by atoms with Gasteiger partial charge in [0.1, 0.15) is 31.8 Å².